The lowest BCUT2D eigenvalue weighted by atomic mass is 9.69. The third-order valence-corrected chi connectivity index (χ3v) is 8.86. The Morgan fingerprint density at radius 3 is 2.55 bits per heavy atom. The molecule has 0 saturated heterocycles. The van der Waals surface area contributed by atoms with E-state index in [1.54, 1.807) is 23.1 Å². The van der Waals surface area contributed by atoms with Crippen LogP contribution in [0.4, 0.5) is 5.69 Å². The van der Waals surface area contributed by atoms with Crippen molar-refractivity contribution in [2.45, 2.75) is 64.0 Å². The molecular formula is C27H31N3OS2. The third-order valence-electron chi connectivity index (χ3n) is 6.38. The van der Waals surface area contributed by atoms with Gasteiger partial charge in [0.1, 0.15) is 5.82 Å². The Labute approximate surface area is 205 Å². The minimum Gasteiger partial charge on any atom is -0.384 e. The molecule has 4 rings (SSSR count). The Bertz CT molecular complexity index is 1190. The van der Waals surface area contributed by atoms with Gasteiger partial charge in [-0.05, 0) is 54.7 Å². The van der Waals surface area contributed by atoms with E-state index in [-0.39, 0.29) is 11.2 Å². The van der Waals surface area contributed by atoms with Crippen molar-refractivity contribution >= 4 is 34.6 Å². The standard InChI is InChI=1S/C27H31N3OS2/c1-6-18-12-19(26(33-18)32-7-2)23-20(15-28)25(29)30(17-10-8-16(3)9-11-17)21-13-27(4,5)14-22(31)24(21)23/h8-12,23H,6-7,13-14,29H2,1-5H3/t23-/m1/s1. The second-order valence-corrected chi connectivity index (χ2v) is 12.2. The maximum atomic E-state index is 13.7. The van der Waals surface area contributed by atoms with E-state index < -0.39 is 5.92 Å². The van der Waals surface area contributed by atoms with E-state index in [0.717, 1.165) is 46.7 Å². The second-order valence-electron chi connectivity index (χ2n) is 9.56. The number of nitrogens with two attached hydrogens (primary N) is 1. The van der Waals surface area contributed by atoms with E-state index in [2.05, 4.69) is 39.8 Å². The van der Waals surface area contributed by atoms with Gasteiger partial charge in [-0.1, -0.05) is 45.4 Å². The number of carbonyl (C=O) groups excluding carboxylic acids is 1. The van der Waals surface area contributed by atoms with E-state index in [1.165, 1.54) is 9.09 Å². The zero-order valence-electron chi connectivity index (χ0n) is 20.0. The van der Waals surface area contributed by atoms with Crippen LogP contribution in [0.5, 0.6) is 0 Å². The molecule has 33 heavy (non-hydrogen) atoms. The van der Waals surface area contributed by atoms with E-state index in [0.29, 0.717) is 17.8 Å². The zero-order chi connectivity index (χ0) is 23.9. The van der Waals surface area contributed by atoms with Crippen LogP contribution in [-0.2, 0) is 11.2 Å². The summed E-state index contributed by atoms with van der Waals surface area (Å²) in [5.41, 5.74) is 11.9. The van der Waals surface area contributed by atoms with Crippen molar-refractivity contribution in [1.29, 1.82) is 5.26 Å². The van der Waals surface area contributed by atoms with Gasteiger partial charge in [0.2, 0.25) is 0 Å². The monoisotopic (exact) mass is 477 g/mol. The molecule has 0 saturated carbocycles. The van der Waals surface area contributed by atoms with Gasteiger partial charge in [-0.25, -0.2) is 0 Å². The van der Waals surface area contributed by atoms with Crippen LogP contribution in [0.15, 0.2) is 57.2 Å². The molecule has 0 spiro atoms. The average molecular weight is 478 g/mol. The molecule has 0 amide bonds. The Morgan fingerprint density at radius 1 is 1.24 bits per heavy atom. The van der Waals surface area contributed by atoms with Crippen molar-refractivity contribution in [2.24, 2.45) is 11.1 Å². The van der Waals surface area contributed by atoms with Crippen molar-refractivity contribution in [3.63, 3.8) is 0 Å². The molecule has 2 aromatic rings. The molecule has 4 nitrogen and oxygen atoms in total. The van der Waals surface area contributed by atoms with Crippen LogP contribution in [0.2, 0.25) is 0 Å². The number of hydrogen-bond donors (Lipinski definition) is 1. The maximum Gasteiger partial charge on any atom is 0.162 e. The summed E-state index contributed by atoms with van der Waals surface area (Å²) in [5, 5.41) is 10.3. The van der Waals surface area contributed by atoms with Crippen LogP contribution in [-0.4, -0.2) is 11.5 Å². The molecule has 2 N–H and O–H groups in total. The number of thiophene rings is 1. The normalized spacial score (nSPS) is 20.2. The predicted molar refractivity (Wildman–Crippen MR) is 138 cm³/mol. The highest BCUT2D eigenvalue weighted by atomic mass is 32.2. The first-order valence-corrected chi connectivity index (χ1v) is 13.3. The van der Waals surface area contributed by atoms with Gasteiger partial charge in [-0.3, -0.25) is 9.69 Å². The van der Waals surface area contributed by atoms with E-state index in [1.807, 2.05) is 36.1 Å². The minimum atomic E-state index is -0.402. The van der Waals surface area contributed by atoms with Crippen molar-refractivity contribution in [1.82, 2.24) is 0 Å². The van der Waals surface area contributed by atoms with Gasteiger partial charge in [0.25, 0.3) is 0 Å². The van der Waals surface area contributed by atoms with Crippen LogP contribution < -0.4 is 10.6 Å². The Kier molecular flexibility index (Phi) is 6.48. The lowest BCUT2D eigenvalue weighted by Gasteiger charge is -2.43. The fraction of sp³-hybridized carbons (Fsp3) is 0.407. The van der Waals surface area contributed by atoms with Crippen molar-refractivity contribution in [2.75, 3.05) is 10.7 Å². The number of ketones is 1. The molecule has 1 aromatic carbocycles. The van der Waals surface area contributed by atoms with Gasteiger partial charge in [0.15, 0.2) is 5.78 Å². The van der Waals surface area contributed by atoms with Crippen LogP contribution in [0.25, 0.3) is 0 Å². The number of carbonyl (C=O) groups is 1. The highest BCUT2D eigenvalue weighted by Crippen LogP contribution is 2.52. The summed E-state index contributed by atoms with van der Waals surface area (Å²) in [6, 6.07) is 12.7. The lowest BCUT2D eigenvalue weighted by Crippen LogP contribution is -2.42. The summed E-state index contributed by atoms with van der Waals surface area (Å²) in [4.78, 5) is 16.9. The largest absolute Gasteiger partial charge is 0.384 e. The smallest absolute Gasteiger partial charge is 0.162 e. The second kappa shape index (κ2) is 9.04. The molecule has 1 atom stereocenters. The van der Waals surface area contributed by atoms with Crippen molar-refractivity contribution in [3.8, 4) is 6.07 Å². The minimum absolute atomic E-state index is 0.125. The number of allylic oxidation sites excluding steroid dienone is 3. The highest BCUT2D eigenvalue weighted by Gasteiger charge is 2.45. The number of benzene rings is 1. The van der Waals surface area contributed by atoms with Gasteiger partial charge in [0.05, 0.1) is 21.8 Å². The van der Waals surface area contributed by atoms with E-state index in [4.69, 9.17) is 5.73 Å². The number of anilines is 1. The first kappa shape index (κ1) is 23.7. The average Bonchev–Trinajstić information content (AvgIpc) is 3.16. The van der Waals surface area contributed by atoms with Crippen molar-refractivity contribution < 1.29 is 4.79 Å². The van der Waals surface area contributed by atoms with E-state index >= 15 is 0 Å². The number of thioether (sulfide) groups is 1. The number of nitrogens with zero attached hydrogens (tertiary/aromatic N) is 2. The molecule has 6 heteroatoms. The van der Waals surface area contributed by atoms with Gasteiger partial charge >= 0.3 is 0 Å². The molecule has 1 aliphatic carbocycles. The number of aryl methyl sites for hydroxylation is 2. The zero-order valence-corrected chi connectivity index (χ0v) is 21.6. The van der Waals surface area contributed by atoms with E-state index in [9.17, 15) is 10.1 Å². The molecule has 0 unspecified atom stereocenters. The molecule has 1 aromatic heterocycles. The number of rotatable bonds is 5. The first-order chi connectivity index (χ1) is 15.7. The van der Waals surface area contributed by atoms with Crippen LogP contribution in [0.3, 0.4) is 0 Å². The van der Waals surface area contributed by atoms with Gasteiger partial charge in [-0.2, -0.15) is 5.26 Å². The molecule has 1 aliphatic heterocycles. The summed E-state index contributed by atoms with van der Waals surface area (Å²) in [6.45, 7) is 10.6. The van der Waals surface area contributed by atoms with Gasteiger partial charge in [0, 0.05) is 28.3 Å². The Hall–Kier alpha value is -2.49. The van der Waals surface area contributed by atoms with Crippen LogP contribution in [0, 0.1) is 23.7 Å². The fourth-order valence-electron chi connectivity index (χ4n) is 4.87. The highest BCUT2D eigenvalue weighted by molar-refractivity contribution is 8.01. The summed E-state index contributed by atoms with van der Waals surface area (Å²) >= 11 is 3.56. The molecule has 2 aliphatic rings. The maximum absolute atomic E-state index is 13.7. The molecule has 0 bridgehead atoms. The topological polar surface area (TPSA) is 70.1 Å². The van der Waals surface area contributed by atoms with Gasteiger partial charge in [-0.15, -0.1) is 23.1 Å². The predicted octanol–water partition coefficient (Wildman–Crippen LogP) is 6.67. The third kappa shape index (κ3) is 4.25. The molecule has 0 fully saturated rings. The first-order valence-electron chi connectivity index (χ1n) is 11.5. The molecule has 2 heterocycles. The fourth-order valence-corrected chi connectivity index (χ4v) is 7.25. The summed E-state index contributed by atoms with van der Waals surface area (Å²) in [7, 11) is 0. The lowest BCUT2D eigenvalue weighted by molar-refractivity contribution is -0.118. The number of Topliss-reactive ketones (excluding diaryl/α,β-unsaturated/α-hetero) is 1. The van der Waals surface area contributed by atoms with Gasteiger partial charge < -0.3 is 5.73 Å². The van der Waals surface area contributed by atoms with Crippen molar-refractivity contribution in [3.05, 3.63) is 69.0 Å². The Morgan fingerprint density at radius 2 is 1.94 bits per heavy atom. The molecular weight excluding hydrogens is 446 g/mol. The van der Waals surface area contributed by atoms with Crippen LogP contribution in [0.1, 0.15) is 62.5 Å². The summed E-state index contributed by atoms with van der Waals surface area (Å²) in [6.07, 6.45) is 2.14. The van der Waals surface area contributed by atoms with Crippen LogP contribution >= 0.6 is 23.1 Å². The quantitative estimate of drug-likeness (QED) is 0.487. The summed E-state index contributed by atoms with van der Waals surface area (Å²) < 4.78 is 1.19. The molecule has 172 valence electrons. The molecule has 0 radical (unpaired) electrons. The number of nitriles is 1. The SMILES string of the molecule is CCSc1sc(CC)cc1[C@@H]1C(C#N)=C(N)N(c2ccc(C)cc2)C2=C1C(=O)CC(C)(C)C2. The number of hydrogen-bond acceptors (Lipinski definition) is 6. The Balaban J connectivity index is 2.00. The summed E-state index contributed by atoms with van der Waals surface area (Å²) in [5.74, 6) is 1.10.